The zero-order valence-corrected chi connectivity index (χ0v) is 41.1. The number of ether oxygens (including phenoxy) is 2. The van der Waals surface area contributed by atoms with Crippen molar-refractivity contribution in [3.63, 3.8) is 0 Å². The molecule has 6 heterocycles. The van der Waals surface area contributed by atoms with Gasteiger partial charge in [0.1, 0.15) is 12.1 Å². The molecule has 0 unspecified atom stereocenters. The summed E-state index contributed by atoms with van der Waals surface area (Å²) in [6.07, 6.45) is 2.36. The van der Waals surface area contributed by atoms with Crippen LogP contribution >= 0.6 is 11.3 Å². The van der Waals surface area contributed by atoms with Crippen LogP contribution in [0.3, 0.4) is 0 Å². The minimum Gasteiger partial charge on any atom is -0.464 e. The molecule has 3 aliphatic heterocycles. The third-order valence-electron chi connectivity index (χ3n) is 13.1. The number of esters is 1. The van der Waals surface area contributed by atoms with Crippen LogP contribution in [-0.2, 0) is 54.6 Å². The number of nitrogens with zero attached hydrogens (tertiary/aromatic N) is 7. The molecule has 2 fully saturated rings. The van der Waals surface area contributed by atoms with Crippen LogP contribution in [0.2, 0.25) is 0 Å². The highest BCUT2D eigenvalue weighted by Crippen LogP contribution is 2.41. The zero-order valence-electron chi connectivity index (χ0n) is 40.3. The average molecular weight is 960 g/mol. The number of cyclic esters (lactones) is 1. The zero-order chi connectivity index (χ0) is 49.4. The van der Waals surface area contributed by atoms with Crippen molar-refractivity contribution >= 4 is 52.0 Å². The van der Waals surface area contributed by atoms with Crippen LogP contribution in [-0.4, -0.2) is 140 Å². The molecule has 7 rings (SSSR count). The predicted molar refractivity (Wildman–Crippen MR) is 254 cm³/mol. The Morgan fingerprint density at radius 3 is 2.53 bits per heavy atom. The lowest BCUT2D eigenvalue weighted by Crippen LogP contribution is -2.67. The number of halogens is 2. The molecule has 16 nitrogen and oxygen atoms in total. The van der Waals surface area contributed by atoms with E-state index in [1.54, 1.807) is 37.0 Å². The Morgan fingerprint density at radius 1 is 1.15 bits per heavy atom. The van der Waals surface area contributed by atoms with Gasteiger partial charge >= 0.3 is 12.0 Å². The highest BCUT2D eigenvalue weighted by molar-refractivity contribution is 7.10. The summed E-state index contributed by atoms with van der Waals surface area (Å²) in [6.45, 7) is 17.4. The van der Waals surface area contributed by atoms with Crippen molar-refractivity contribution in [1.82, 2.24) is 45.0 Å². The summed E-state index contributed by atoms with van der Waals surface area (Å²) in [5.74, 6) is -6.91. The van der Waals surface area contributed by atoms with Crippen LogP contribution in [0.1, 0.15) is 71.2 Å². The monoisotopic (exact) mass is 959 g/mol. The van der Waals surface area contributed by atoms with E-state index >= 15 is 8.78 Å². The van der Waals surface area contributed by atoms with Crippen LogP contribution in [0, 0.1) is 11.3 Å². The lowest BCUT2D eigenvalue weighted by atomic mass is 9.84. The molecule has 5 atom stereocenters. The second-order valence-corrected chi connectivity index (χ2v) is 20.2. The number of rotatable bonds is 9. The number of carbonyl (C=O) groups is 5. The van der Waals surface area contributed by atoms with E-state index in [2.05, 4.69) is 39.9 Å². The van der Waals surface area contributed by atoms with Gasteiger partial charge in [-0.1, -0.05) is 40.3 Å². The minimum absolute atomic E-state index is 0.129. The molecule has 366 valence electrons. The second kappa shape index (κ2) is 20.0. The normalized spacial score (nSPS) is 22.4. The molecule has 0 spiro atoms. The van der Waals surface area contributed by atoms with Crippen LogP contribution < -0.4 is 10.7 Å². The van der Waals surface area contributed by atoms with Crippen molar-refractivity contribution in [2.24, 2.45) is 11.3 Å². The van der Waals surface area contributed by atoms with Crippen LogP contribution in [0.5, 0.6) is 0 Å². The molecule has 3 aromatic heterocycles. The van der Waals surface area contributed by atoms with Gasteiger partial charge in [-0.25, -0.2) is 24.0 Å². The van der Waals surface area contributed by atoms with Gasteiger partial charge in [0.05, 0.1) is 35.3 Å². The van der Waals surface area contributed by atoms with Gasteiger partial charge < -0.3 is 34.1 Å². The molecule has 4 aromatic rings. The summed E-state index contributed by atoms with van der Waals surface area (Å²) in [5.41, 5.74) is 7.57. The fraction of sp³-hybridized carbons (Fsp3) is 0.531. The Balaban J connectivity index is 1.28. The molecule has 68 heavy (non-hydrogen) atoms. The molecule has 0 aliphatic carbocycles. The molecule has 3 aliphatic rings. The topological polar surface area (TPSA) is 172 Å². The molecule has 5 amide bonds. The lowest BCUT2D eigenvalue weighted by Gasteiger charge is -2.46. The van der Waals surface area contributed by atoms with Gasteiger partial charge in [-0.3, -0.25) is 29.2 Å². The number of nitrogens with one attached hydrogen (secondary N) is 2. The SMILES string of the molecule is C=CC(=O)N1C[C@@H](C)N(C(=O)N(C)[C@H](C(=O)N[C@H]2Cc3nc(cs3)-c3ccc4c(c3)c(c(-c3cccnc3COC)n4CC)CC(C)(C)COC(=O)[C@H]3NN(CCC3(F)F)C2=O)C(C)C)[C@H](C)C1. The van der Waals surface area contributed by atoms with Gasteiger partial charge in [-0.05, 0) is 69.0 Å². The maximum atomic E-state index is 15.8. The van der Waals surface area contributed by atoms with Crippen LogP contribution in [0.25, 0.3) is 33.4 Å². The number of hydrazine groups is 1. The third kappa shape index (κ3) is 10.0. The number of amides is 5. The van der Waals surface area contributed by atoms with E-state index in [0.717, 1.165) is 44.0 Å². The van der Waals surface area contributed by atoms with Crippen LogP contribution in [0.15, 0.2) is 54.6 Å². The summed E-state index contributed by atoms with van der Waals surface area (Å²) < 4.78 is 45.1. The fourth-order valence-electron chi connectivity index (χ4n) is 9.90. The van der Waals surface area contributed by atoms with E-state index in [9.17, 15) is 24.0 Å². The summed E-state index contributed by atoms with van der Waals surface area (Å²) in [5, 5.41) is 7.10. The molecular formula is C49H63F2N9O7S. The molecule has 0 radical (unpaired) electrons. The van der Waals surface area contributed by atoms with Gasteiger partial charge in [0, 0.05) is 104 Å². The van der Waals surface area contributed by atoms with Gasteiger partial charge in [0.2, 0.25) is 11.8 Å². The first kappa shape index (κ1) is 50.1. The fourth-order valence-corrected chi connectivity index (χ4v) is 10.7. The quantitative estimate of drug-likeness (QED) is 0.148. The smallest absolute Gasteiger partial charge is 0.331 e. The van der Waals surface area contributed by atoms with Crippen LogP contribution in [0.4, 0.5) is 13.6 Å². The highest BCUT2D eigenvalue weighted by atomic mass is 32.1. The molecule has 19 heteroatoms. The standard InChI is InChI=1S/C49H63F2N9O7S/c1-11-40(61)57-23-29(5)60(30(6)24-57)47(65)56(9)41(28(3)4)44(62)54-35-21-39-53-37(26-68-39)31-15-16-38-33(20-31)34(42(58(38)12-2)32-14-13-18-52-36(32)25-66-10)22-48(7,8)27-67-46(64)43-49(50,51)17-19-59(55-43)45(35)63/h11,13-16,18,20,26,28-30,35,41,43,55H,1,12,17,19,21-25,27H2,2-10H3,(H,54,62)/t29-,30-,35+,41+,43-/m1/s1. The van der Waals surface area contributed by atoms with Gasteiger partial charge in [-0.2, -0.15) is 0 Å². The number of thiazole rings is 1. The molecule has 1 aromatic carbocycles. The summed E-state index contributed by atoms with van der Waals surface area (Å²) in [4.78, 5) is 84.0. The molecule has 2 N–H and O–H groups in total. The Labute approximate surface area is 400 Å². The minimum atomic E-state index is -3.58. The van der Waals surface area contributed by atoms with E-state index in [1.807, 2.05) is 57.3 Å². The first-order valence-corrected chi connectivity index (χ1v) is 24.0. The highest BCUT2D eigenvalue weighted by Gasteiger charge is 2.51. The number of aryl methyl sites for hydroxylation is 1. The average Bonchev–Trinajstić information content (AvgIpc) is 3.88. The Kier molecular flexibility index (Phi) is 14.8. The van der Waals surface area contributed by atoms with Gasteiger partial charge in [0.25, 0.3) is 11.8 Å². The number of likely N-dealkylation sites (N-methyl/N-ethyl adjacent to an activating group) is 1. The maximum absolute atomic E-state index is 15.8. The van der Waals surface area contributed by atoms with E-state index in [4.69, 9.17) is 14.5 Å². The largest absolute Gasteiger partial charge is 0.464 e. The molecule has 2 saturated heterocycles. The van der Waals surface area contributed by atoms with Crippen molar-refractivity contribution in [3.8, 4) is 22.5 Å². The number of urea groups is 1. The Morgan fingerprint density at radius 2 is 1.87 bits per heavy atom. The number of pyridine rings is 1. The number of piperazine rings is 1. The van der Waals surface area contributed by atoms with Crippen molar-refractivity contribution in [2.45, 2.75) is 117 Å². The lowest BCUT2D eigenvalue weighted by molar-refractivity contribution is -0.176. The summed E-state index contributed by atoms with van der Waals surface area (Å²) in [7, 11) is 3.13. The van der Waals surface area contributed by atoms with Crippen molar-refractivity contribution in [2.75, 3.05) is 40.4 Å². The predicted octanol–water partition coefficient (Wildman–Crippen LogP) is 6.07. The molecular weight excluding hydrogens is 897 g/mol. The number of benzene rings is 1. The van der Waals surface area contributed by atoms with Crippen molar-refractivity contribution in [3.05, 3.63) is 70.8 Å². The Hall–Kier alpha value is -5.79. The third-order valence-corrected chi connectivity index (χ3v) is 14.0. The summed E-state index contributed by atoms with van der Waals surface area (Å²) >= 11 is 1.28. The number of aromatic nitrogens is 3. The molecule has 0 saturated carbocycles. The summed E-state index contributed by atoms with van der Waals surface area (Å²) in [6, 6.07) is 4.12. The van der Waals surface area contributed by atoms with Gasteiger partial charge in [-0.15, -0.1) is 11.3 Å². The van der Waals surface area contributed by atoms with E-state index in [-0.39, 0.29) is 50.7 Å². The molecule has 6 bridgehead atoms. The number of fused-ring (bicyclic) bond motifs is 6. The second-order valence-electron chi connectivity index (χ2n) is 19.3. The van der Waals surface area contributed by atoms with E-state index in [1.165, 1.54) is 29.4 Å². The number of methoxy groups -OCH3 is 1. The first-order valence-electron chi connectivity index (χ1n) is 23.1. The Bertz CT molecular complexity index is 2570. The van der Waals surface area contributed by atoms with Gasteiger partial charge in [0.15, 0.2) is 6.04 Å². The van der Waals surface area contributed by atoms with Crippen molar-refractivity contribution < 1.29 is 42.2 Å². The van der Waals surface area contributed by atoms with E-state index in [0.29, 0.717) is 23.7 Å². The maximum Gasteiger partial charge on any atom is 0.331 e. The number of hydrogen-bond acceptors (Lipinski definition) is 11. The van der Waals surface area contributed by atoms with E-state index < -0.39 is 72.2 Å². The number of hydrogen-bond donors (Lipinski definition) is 2. The van der Waals surface area contributed by atoms with Crippen molar-refractivity contribution in [1.29, 1.82) is 0 Å². The first-order chi connectivity index (χ1) is 32.2. The number of carbonyl (C=O) groups excluding carboxylic acids is 5. The number of alkyl halides is 2.